The van der Waals surface area contributed by atoms with Gasteiger partial charge < -0.3 is 24.8 Å². The van der Waals surface area contributed by atoms with Crippen LogP contribution >= 0.6 is 11.6 Å². The number of hydrogen-bond donors (Lipinski definition) is 1. The highest BCUT2D eigenvalue weighted by molar-refractivity contribution is 6.18. The van der Waals surface area contributed by atoms with Gasteiger partial charge in [0.25, 0.3) is 0 Å². The second kappa shape index (κ2) is 9.13. The molecule has 0 aromatic rings. The highest BCUT2D eigenvalue weighted by atomic mass is 35.5. The molecule has 2 heterocycles. The van der Waals surface area contributed by atoms with Crippen LogP contribution in [0.3, 0.4) is 0 Å². The summed E-state index contributed by atoms with van der Waals surface area (Å²) in [6.45, 7) is 6.82. The van der Waals surface area contributed by atoms with Crippen LogP contribution in [-0.2, 0) is 23.8 Å². The van der Waals surface area contributed by atoms with Crippen LogP contribution in [0.15, 0.2) is 29.7 Å². The molecule has 0 saturated carbocycles. The summed E-state index contributed by atoms with van der Waals surface area (Å²) >= 11 is 6.08. The van der Waals surface area contributed by atoms with E-state index in [4.69, 9.17) is 34.3 Å². The molecule has 0 aliphatic carbocycles. The van der Waals surface area contributed by atoms with Crippen molar-refractivity contribution < 1.29 is 30.9 Å². The number of alkyl halides is 2. The number of carbonyl (C=O) groups excluding carboxylic acids is 2. The SMILES string of the molecule is [2H]C([2H])(OC(=O)C(C)C)[C@@]1(CCl)O[C@@H](N2C=CC(N)=NC2=C)[C@H](F)[C@@H]1OC(=O)C(C)C. The van der Waals surface area contributed by atoms with Gasteiger partial charge in [0, 0.05) is 6.20 Å². The first-order chi connectivity index (χ1) is 14.3. The monoisotopic (exact) mass is 433 g/mol. The summed E-state index contributed by atoms with van der Waals surface area (Å²) in [7, 11) is 0. The molecule has 0 aromatic heterocycles. The Balaban J connectivity index is 2.51. The van der Waals surface area contributed by atoms with Gasteiger partial charge in [-0.05, 0) is 6.08 Å². The van der Waals surface area contributed by atoms with Gasteiger partial charge in [0.05, 0.1) is 20.5 Å². The van der Waals surface area contributed by atoms with E-state index >= 15 is 4.39 Å². The molecule has 2 N–H and O–H groups in total. The van der Waals surface area contributed by atoms with Crippen molar-refractivity contribution >= 4 is 29.4 Å². The fourth-order valence-corrected chi connectivity index (χ4v) is 2.85. The number of carbonyl (C=O) groups is 2. The molecular weight excluding hydrogens is 405 g/mol. The zero-order chi connectivity index (χ0) is 23.7. The van der Waals surface area contributed by atoms with Crippen molar-refractivity contribution in [3.8, 4) is 0 Å². The number of aliphatic imine (C=N–C) groups is 1. The summed E-state index contributed by atoms with van der Waals surface area (Å²) in [6, 6.07) is 0. The van der Waals surface area contributed by atoms with Crippen LogP contribution in [0.25, 0.3) is 0 Å². The number of amidine groups is 1. The molecule has 0 radical (unpaired) electrons. The van der Waals surface area contributed by atoms with Crippen LogP contribution in [-0.4, -0.2) is 59.2 Å². The fourth-order valence-electron chi connectivity index (χ4n) is 2.58. The van der Waals surface area contributed by atoms with Crippen LogP contribution < -0.4 is 5.73 Å². The predicted molar refractivity (Wildman–Crippen MR) is 105 cm³/mol. The smallest absolute Gasteiger partial charge is 0.308 e. The van der Waals surface area contributed by atoms with Gasteiger partial charge in [-0.15, -0.1) is 11.6 Å². The fraction of sp³-hybridized carbons (Fsp3) is 0.632. The van der Waals surface area contributed by atoms with Crippen LogP contribution in [0.1, 0.15) is 30.4 Å². The molecule has 0 spiro atoms. The van der Waals surface area contributed by atoms with Crippen LogP contribution in [0.5, 0.6) is 0 Å². The van der Waals surface area contributed by atoms with Gasteiger partial charge in [-0.25, -0.2) is 9.38 Å². The molecule has 1 fully saturated rings. The molecule has 2 rings (SSSR count). The Labute approximate surface area is 177 Å². The van der Waals surface area contributed by atoms with E-state index < -0.39 is 60.3 Å². The zero-order valence-corrected chi connectivity index (χ0v) is 17.5. The molecule has 29 heavy (non-hydrogen) atoms. The third kappa shape index (κ3) is 4.90. The van der Waals surface area contributed by atoms with Gasteiger partial charge in [0.2, 0.25) is 0 Å². The third-order valence-electron chi connectivity index (χ3n) is 4.30. The van der Waals surface area contributed by atoms with Gasteiger partial charge in [-0.2, -0.15) is 0 Å². The average Bonchev–Trinajstić information content (AvgIpc) is 2.95. The Kier molecular flexibility index (Phi) is 6.34. The zero-order valence-electron chi connectivity index (χ0n) is 18.7. The molecule has 0 bridgehead atoms. The van der Waals surface area contributed by atoms with E-state index in [1.54, 1.807) is 0 Å². The van der Waals surface area contributed by atoms with E-state index in [-0.39, 0.29) is 11.7 Å². The molecule has 0 unspecified atom stereocenters. The van der Waals surface area contributed by atoms with E-state index in [9.17, 15) is 9.59 Å². The van der Waals surface area contributed by atoms with Gasteiger partial charge >= 0.3 is 11.9 Å². The molecule has 10 heteroatoms. The summed E-state index contributed by atoms with van der Waals surface area (Å²) in [5.41, 5.74) is 3.26. The van der Waals surface area contributed by atoms with Crippen LogP contribution in [0, 0.1) is 11.8 Å². The molecule has 1 saturated heterocycles. The first-order valence-electron chi connectivity index (χ1n) is 10.1. The standard InChI is InChI=1S/C19H27ClFN3O5/c1-10(2)17(25)27-9-19(8-20)15(28-18(26)11(3)4)14(21)16(29-19)24-7-6-13(22)23-12(24)5/h6-7,10-11,14-16H,5,8-9H2,1-4H3,(H2,22,23)/t14-,15+,16-,19-/m1/s1/i9D2. The van der Waals surface area contributed by atoms with Crippen LogP contribution in [0.4, 0.5) is 4.39 Å². The molecular formula is C19H27ClFN3O5. The van der Waals surface area contributed by atoms with E-state index in [1.165, 1.54) is 44.9 Å². The quantitative estimate of drug-likeness (QED) is 0.484. The Morgan fingerprint density at radius 1 is 1.45 bits per heavy atom. The van der Waals surface area contributed by atoms with Crippen molar-refractivity contribution in [3.05, 3.63) is 24.7 Å². The minimum atomic E-state index is -2.94. The van der Waals surface area contributed by atoms with E-state index in [0.717, 1.165) is 0 Å². The highest BCUT2D eigenvalue weighted by Gasteiger charge is 2.60. The van der Waals surface area contributed by atoms with Gasteiger partial charge in [-0.1, -0.05) is 34.3 Å². The van der Waals surface area contributed by atoms with Crippen molar-refractivity contribution in [2.75, 3.05) is 12.4 Å². The summed E-state index contributed by atoms with van der Waals surface area (Å²) in [5.74, 6) is -3.56. The molecule has 2 aliphatic heterocycles. The predicted octanol–water partition coefficient (Wildman–Crippen LogP) is 2.08. The summed E-state index contributed by atoms with van der Waals surface area (Å²) < 4.78 is 48.5. The first kappa shape index (κ1) is 20.2. The number of rotatable bonds is 7. The lowest BCUT2D eigenvalue weighted by Crippen LogP contribution is -2.51. The normalized spacial score (nSPS) is 30.9. The van der Waals surface area contributed by atoms with Crippen LogP contribution in [0.2, 0.25) is 0 Å². The van der Waals surface area contributed by atoms with Crippen molar-refractivity contribution in [2.45, 2.75) is 51.8 Å². The Hall–Kier alpha value is -2.13. The van der Waals surface area contributed by atoms with Crippen molar-refractivity contribution in [3.63, 3.8) is 0 Å². The number of nitrogens with zero attached hydrogens (tertiary/aromatic N) is 2. The molecule has 162 valence electrons. The second-order valence-corrected chi connectivity index (χ2v) is 7.61. The number of hydrogen-bond acceptors (Lipinski definition) is 8. The number of nitrogens with two attached hydrogens (primary N) is 1. The first-order valence-corrected chi connectivity index (χ1v) is 9.61. The number of halogens is 2. The van der Waals surface area contributed by atoms with Gasteiger partial charge in [0.15, 0.2) is 24.1 Å². The Morgan fingerprint density at radius 2 is 2.07 bits per heavy atom. The number of esters is 2. The minimum Gasteiger partial charge on any atom is -0.462 e. The topological polar surface area (TPSA) is 103 Å². The minimum absolute atomic E-state index is 0.0201. The maximum Gasteiger partial charge on any atom is 0.308 e. The van der Waals surface area contributed by atoms with Crippen molar-refractivity contribution in [1.29, 1.82) is 0 Å². The average molecular weight is 434 g/mol. The summed E-state index contributed by atoms with van der Waals surface area (Å²) in [4.78, 5) is 29.5. The van der Waals surface area contributed by atoms with Gasteiger partial charge in [0.1, 0.15) is 18.2 Å². The van der Waals surface area contributed by atoms with Crippen molar-refractivity contribution in [1.82, 2.24) is 4.90 Å². The second-order valence-electron chi connectivity index (χ2n) is 7.34. The molecule has 4 atom stereocenters. The maximum atomic E-state index is 15.7. The molecule has 0 aromatic carbocycles. The highest BCUT2D eigenvalue weighted by Crippen LogP contribution is 2.40. The lowest BCUT2D eigenvalue weighted by atomic mass is 9.98. The lowest BCUT2D eigenvalue weighted by molar-refractivity contribution is -0.178. The van der Waals surface area contributed by atoms with Crippen molar-refractivity contribution in [2.24, 2.45) is 22.6 Å². The van der Waals surface area contributed by atoms with Gasteiger partial charge in [-0.3, -0.25) is 9.59 Å². The lowest BCUT2D eigenvalue weighted by Gasteiger charge is -2.33. The maximum absolute atomic E-state index is 15.7. The summed E-state index contributed by atoms with van der Waals surface area (Å²) in [5, 5.41) is 0. The largest absolute Gasteiger partial charge is 0.462 e. The van der Waals surface area contributed by atoms with E-state index in [2.05, 4.69) is 11.6 Å². The number of ether oxygens (including phenoxy) is 3. The Bertz CT molecular complexity index is 807. The Morgan fingerprint density at radius 3 is 2.59 bits per heavy atom. The van der Waals surface area contributed by atoms with E-state index in [0.29, 0.717) is 0 Å². The molecule has 0 amide bonds. The molecule has 8 nitrogen and oxygen atoms in total. The summed E-state index contributed by atoms with van der Waals surface area (Å²) in [6.07, 6.45) is -2.73. The molecule has 2 aliphatic rings. The third-order valence-corrected chi connectivity index (χ3v) is 4.69. The van der Waals surface area contributed by atoms with E-state index in [1.807, 2.05) is 0 Å².